The zero-order chi connectivity index (χ0) is 16.6. The minimum absolute atomic E-state index is 0.0600. The van der Waals surface area contributed by atoms with Crippen LogP contribution in [0, 0.1) is 29.1 Å². The van der Waals surface area contributed by atoms with Crippen LogP contribution >= 0.6 is 0 Å². The minimum atomic E-state index is -0.480. The normalized spacial score (nSPS) is 39.7. The van der Waals surface area contributed by atoms with Crippen molar-refractivity contribution >= 4 is 5.91 Å². The summed E-state index contributed by atoms with van der Waals surface area (Å²) >= 11 is 0. The maximum absolute atomic E-state index is 12.3. The van der Waals surface area contributed by atoms with Gasteiger partial charge in [0.2, 0.25) is 5.91 Å². The van der Waals surface area contributed by atoms with Crippen molar-refractivity contribution in [1.82, 2.24) is 10.2 Å². The van der Waals surface area contributed by atoms with E-state index in [1.807, 2.05) is 0 Å². The molecule has 1 heterocycles. The number of nitriles is 1. The van der Waals surface area contributed by atoms with Crippen molar-refractivity contribution < 1.29 is 9.90 Å². The lowest BCUT2D eigenvalue weighted by atomic mass is 9.86. The van der Waals surface area contributed by atoms with Crippen LogP contribution in [-0.2, 0) is 4.79 Å². The fourth-order valence-corrected chi connectivity index (χ4v) is 4.87. The van der Waals surface area contributed by atoms with E-state index in [1.54, 1.807) is 4.90 Å². The summed E-state index contributed by atoms with van der Waals surface area (Å²) in [7, 11) is 0. The van der Waals surface area contributed by atoms with Crippen LogP contribution in [0.1, 0.15) is 52.4 Å². The van der Waals surface area contributed by atoms with E-state index < -0.39 is 5.60 Å². The molecule has 0 aromatic rings. The Balaban J connectivity index is 1.46. The fraction of sp³-hybridized carbons (Fsp3) is 0.889. The number of amides is 1. The molecule has 3 aliphatic rings. The predicted octanol–water partition coefficient (Wildman–Crippen LogP) is 1.67. The van der Waals surface area contributed by atoms with Crippen LogP contribution in [0.3, 0.4) is 0 Å². The average molecular weight is 319 g/mol. The molecule has 128 valence electrons. The van der Waals surface area contributed by atoms with Gasteiger partial charge in [-0.3, -0.25) is 4.79 Å². The first kappa shape index (κ1) is 16.7. The summed E-state index contributed by atoms with van der Waals surface area (Å²) in [5.74, 6) is 1.56. The minimum Gasteiger partial charge on any atom is -0.390 e. The van der Waals surface area contributed by atoms with Crippen LogP contribution in [0.2, 0.25) is 0 Å². The smallest absolute Gasteiger partial charge is 0.237 e. The Morgan fingerprint density at radius 2 is 2.04 bits per heavy atom. The lowest BCUT2D eigenvalue weighted by Gasteiger charge is -2.29. The summed E-state index contributed by atoms with van der Waals surface area (Å²) in [5, 5.41) is 23.2. The second-order valence-electron chi connectivity index (χ2n) is 8.11. The number of rotatable bonds is 4. The highest BCUT2D eigenvalue weighted by Crippen LogP contribution is 2.51. The second-order valence-corrected chi connectivity index (χ2v) is 8.11. The van der Waals surface area contributed by atoms with Gasteiger partial charge in [0.1, 0.15) is 6.04 Å². The highest BCUT2D eigenvalue weighted by Gasteiger charge is 2.49. The third kappa shape index (κ3) is 3.25. The first-order valence-electron chi connectivity index (χ1n) is 9.08. The van der Waals surface area contributed by atoms with Crippen LogP contribution in [0.25, 0.3) is 0 Å². The van der Waals surface area contributed by atoms with Gasteiger partial charge in [0.15, 0.2) is 0 Å². The number of aliphatic hydroxyl groups is 1. The van der Waals surface area contributed by atoms with Crippen molar-refractivity contribution in [2.75, 3.05) is 13.1 Å². The molecule has 0 aromatic heterocycles. The van der Waals surface area contributed by atoms with Crippen LogP contribution in [0.4, 0.5) is 0 Å². The topological polar surface area (TPSA) is 76.4 Å². The molecule has 0 bridgehead atoms. The highest BCUT2D eigenvalue weighted by molar-refractivity contribution is 5.79. The van der Waals surface area contributed by atoms with Gasteiger partial charge in [0.25, 0.3) is 0 Å². The number of hydrogen-bond acceptors (Lipinski definition) is 4. The number of carbonyl (C=O) groups excluding carboxylic acids is 1. The van der Waals surface area contributed by atoms with Gasteiger partial charge in [-0.05, 0) is 56.3 Å². The van der Waals surface area contributed by atoms with Crippen molar-refractivity contribution in [2.24, 2.45) is 17.8 Å². The maximum atomic E-state index is 12.3. The van der Waals surface area contributed by atoms with E-state index in [2.05, 4.69) is 25.2 Å². The Kier molecular flexibility index (Phi) is 4.66. The molecule has 5 heteroatoms. The van der Waals surface area contributed by atoms with Crippen LogP contribution in [-0.4, -0.2) is 46.7 Å². The van der Waals surface area contributed by atoms with Crippen molar-refractivity contribution in [3.63, 3.8) is 0 Å². The molecule has 0 aromatic carbocycles. The molecule has 2 saturated carbocycles. The van der Waals surface area contributed by atoms with Crippen LogP contribution < -0.4 is 5.32 Å². The number of nitrogens with zero attached hydrogens (tertiary/aromatic N) is 2. The van der Waals surface area contributed by atoms with E-state index in [9.17, 15) is 9.90 Å². The quantitative estimate of drug-likeness (QED) is 0.826. The van der Waals surface area contributed by atoms with E-state index in [0.29, 0.717) is 30.3 Å². The summed E-state index contributed by atoms with van der Waals surface area (Å²) in [6.07, 6.45) is 5.69. The largest absolute Gasteiger partial charge is 0.390 e. The van der Waals surface area contributed by atoms with E-state index in [4.69, 9.17) is 5.26 Å². The lowest BCUT2D eigenvalue weighted by Crippen LogP contribution is -2.43. The molecule has 1 saturated heterocycles. The summed E-state index contributed by atoms with van der Waals surface area (Å²) in [5.41, 5.74) is -0.480. The molecule has 2 N–H and O–H groups in total. The van der Waals surface area contributed by atoms with Crippen LogP contribution in [0.15, 0.2) is 0 Å². The summed E-state index contributed by atoms with van der Waals surface area (Å²) in [6.45, 7) is 5.28. The summed E-state index contributed by atoms with van der Waals surface area (Å²) < 4.78 is 0. The molecule has 5 atom stereocenters. The Morgan fingerprint density at radius 1 is 1.39 bits per heavy atom. The third-order valence-electron chi connectivity index (χ3n) is 6.41. The van der Waals surface area contributed by atoms with Gasteiger partial charge in [0.05, 0.1) is 18.2 Å². The molecule has 23 heavy (non-hydrogen) atoms. The molecule has 1 amide bonds. The van der Waals surface area contributed by atoms with E-state index >= 15 is 0 Å². The number of fused-ring (bicyclic) bond motifs is 1. The summed E-state index contributed by atoms with van der Waals surface area (Å²) in [4.78, 5) is 14.0. The van der Waals surface area contributed by atoms with Gasteiger partial charge in [0, 0.05) is 12.6 Å². The molecule has 0 spiro atoms. The number of hydrogen-bond donors (Lipinski definition) is 2. The van der Waals surface area contributed by atoms with E-state index in [1.165, 1.54) is 0 Å². The van der Waals surface area contributed by atoms with Gasteiger partial charge in [-0.15, -0.1) is 0 Å². The maximum Gasteiger partial charge on any atom is 0.237 e. The standard InChI is InChI=1S/C18H29N3O2/c1-12(2)18(23)8-13-6-15(7-14(13)9-18)20-11-17(22)21-5-3-4-16(21)10-19/h12-16,20,23H,3-9,11H2,1-2H3/t13-,14+,15?,16-,18-/m0/s1. The Hall–Kier alpha value is -1.12. The molecule has 0 radical (unpaired) electrons. The monoisotopic (exact) mass is 319 g/mol. The zero-order valence-electron chi connectivity index (χ0n) is 14.3. The summed E-state index contributed by atoms with van der Waals surface area (Å²) in [6, 6.07) is 2.38. The predicted molar refractivity (Wildman–Crippen MR) is 87.4 cm³/mol. The molecule has 2 aliphatic carbocycles. The fourth-order valence-electron chi connectivity index (χ4n) is 4.87. The zero-order valence-corrected chi connectivity index (χ0v) is 14.3. The first-order valence-corrected chi connectivity index (χ1v) is 9.08. The lowest BCUT2D eigenvalue weighted by molar-refractivity contribution is -0.130. The Labute approximate surface area is 139 Å². The van der Waals surface area contributed by atoms with Crippen molar-refractivity contribution in [1.29, 1.82) is 5.26 Å². The van der Waals surface area contributed by atoms with Crippen LogP contribution in [0.5, 0.6) is 0 Å². The molecule has 3 rings (SSSR count). The number of likely N-dealkylation sites (tertiary alicyclic amines) is 1. The van der Waals surface area contributed by atoms with Gasteiger partial charge in [-0.25, -0.2) is 0 Å². The Bertz CT molecular complexity index is 485. The SMILES string of the molecule is CC(C)[C@@]1(O)C[C@H]2CC(NCC(=O)N3CCC[C@H]3C#N)C[C@H]2C1. The molecule has 1 aliphatic heterocycles. The van der Waals surface area contributed by atoms with Gasteiger partial charge < -0.3 is 15.3 Å². The average Bonchev–Trinajstić information content (AvgIpc) is 3.17. The molecular weight excluding hydrogens is 290 g/mol. The highest BCUT2D eigenvalue weighted by atomic mass is 16.3. The van der Waals surface area contributed by atoms with Crippen molar-refractivity contribution in [3.05, 3.63) is 0 Å². The second kappa shape index (κ2) is 6.41. The van der Waals surface area contributed by atoms with E-state index in [-0.39, 0.29) is 11.9 Å². The molecule has 1 unspecified atom stereocenters. The molecular formula is C18H29N3O2. The van der Waals surface area contributed by atoms with Crippen molar-refractivity contribution in [2.45, 2.75) is 70.1 Å². The van der Waals surface area contributed by atoms with Gasteiger partial charge in [-0.2, -0.15) is 5.26 Å². The Morgan fingerprint density at radius 3 is 2.61 bits per heavy atom. The van der Waals surface area contributed by atoms with Gasteiger partial charge in [-0.1, -0.05) is 13.8 Å². The first-order chi connectivity index (χ1) is 10.9. The van der Waals surface area contributed by atoms with Gasteiger partial charge >= 0.3 is 0 Å². The number of carbonyl (C=O) groups is 1. The molecule has 5 nitrogen and oxygen atoms in total. The van der Waals surface area contributed by atoms with Crippen molar-refractivity contribution in [3.8, 4) is 6.07 Å². The van der Waals surface area contributed by atoms with E-state index in [0.717, 1.165) is 45.1 Å². The third-order valence-corrected chi connectivity index (χ3v) is 6.41. The number of nitrogens with one attached hydrogen (secondary N) is 1. The molecule has 3 fully saturated rings.